The molecule has 0 saturated carbocycles. The molecule has 0 radical (unpaired) electrons. The molecule has 1 unspecified atom stereocenters. The van der Waals surface area contributed by atoms with Gasteiger partial charge in [-0.2, -0.15) is 0 Å². The predicted molar refractivity (Wildman–Crippen MR) is 115 cm³/mol. The van der Waals surface area contributed by atoms with Crippen molar-refractivity contribution in [1.29, 1.82) is 0 Å². The number of rotatable bonds is 8. The van der Waals surface area contributed by atoms with Gasteiger partial charge >= 0.3 is 0 Å². The van der Waals surface area contributed by atoms with E-state index in [1.54, 1.807) is 0 Å². The minimum absolute atomic E-state index is 0. The lowest BCUT2D eigenvalue weighted by Crippen LogP contribution is -2.52. The van der Waals surface area contributed by atoms with Crippen molar-refractivity contribution in [1.82, 2.24) is 10.3 Å². The summed E-state index contributed by atoms with van der Waals surface area (Å²) in [6, 6.07) is 9.87. The molecule has 0 bridgehead atoms. The van der Waals surface area contributed by atoms with E-state index >= 15 is 0 Å². The molecular formula is C20H31Cl2N3O2. The molecule has 1 atom stereocenters. The number of carbonyl (C=O) groups is 1. The standard InChI is InChI=1S/C20H29N3O2.2ClH/c1-14(2)12-20(4,13-21)23-17(24)10-11-18-22-15(3)19(25-18)16-8-6-5-7-9-16;;/h5-9,14H,10-13,21H2,1-4H3,(H,23,24);2*1H. The third-order valence-corrected chi connectivity index (χ3v) is 4.19. The number of hydrogen-bond acceptors (Lipinski definition) is 4. The number of benzene rings is 1. The van der Waals surface area contributed by atoms with Crippen LogP contribution >= 0.6 is 24.8 Å². The summed E-state index contributed by atoms with van der Waals surface area (Å²) in [7, 11) is 0. The molecule has 3 N–H and O–H groups in total. The third-order valence-electron chi connectivity index (χ3n) is 4.19. The maximum absolute atomic E-state index is 12.3. The first-order chi connectivity index (χ1) is 11.8. The number of halogens is 2. The molecule has 0 aliphatic heterocycles. The molecular weight excluding hydrogens is 385 g/mol. The predicted octanol–water partition coefficient (Wildman–Crippen LogP) is 4.31. The molecule has 1 heterocycles. The second-order valence-corrected chi connectivity index (χ2v) is 7.30. The smallest absolute Gasteiger partial charge is 0.220 e. The van der Waals surface area contributed by atoms with E-state index in [4.69, 9.17) is 10.2 Å². The van der Waals surface area contributed by atoms with Gasteiger partial charge in [0.1, 0.15) is 0 Å². The van der Waals surface area contributed by atoms with Crippen molar-refractivity contribution in [3.05, 3.63) is 41.9 Å². The third kappa shape index (κ3) is 7.53. The number of carbonyl (C=O) groups excluding carboxylic acids is 1. The summed E-state index contributed by atoms with van der Waals surface area (Å²) in [5.41, 5.74) is 7.32. The highest BCUT2D eigenvalue weighted by Crippen LogP contribution is 2.24. The van der Waals surface area contributed by atoms with Crippen LogP contribution in [0.15, 0.2) is 34.7 Å². The Morgan fingerprint density at radius 2 is 1.89 bits per heavy atom. The minimum atomic E-state index is -0.368. The lowest BCUT2D eigenvalue weighted by Gasteiger charge is -2.31. The number of nitrogens with two attached hydrogens (primary N) is 1. The van der Waals surface area contributed by atoms with Gasteiger partial charge in [0.15, 0.2) is 11.7 Å². The molecule has 1 aromatic heterocycles. The molecule has 0 fully saturated rings. The van der Waals surface area contributed by atoms with Gasteiger partial charge in [-0.1, -0.05) is 44.2 Å². The van der Waals surface area contributed by atoms with Gasteiger partial charge in [0.25, 0.3) is 0 Å². The van der Waals surface area contributed by atoms with Crippen LogP contribution in [0.4, 0.5) is 0 Å². The van der Waals surface area contributed by atoms with Crippen LogP contribution < -0.4 is 11.1 Å². The number of oxazole rings is 1. The second kappa shape index (κ2) is 11.3. The first kappa shape index (κ1) is 25.4. The molecule has 2 rings (SSSR count). The average Bonchev–Trinajstić information content (AvgIpc) is 2.94. The second-order valence-electron chi connectivity index (χ2n) is 7.30. The van der Waals surface area contributed by atoms with Gasteiger partial charge in [0.2, 0.25) is 5.91 Å². The van der Waals surface area contributed by atoms with Crippen LogP contribution in [-0.4, -0.2) is 23.0 Å². The highest BCUT2D eigenvalue weighted by Gasteiger charge is 2.25. The summed E-state index contributed by atoms with van der Waals surface area (Å²) in [4.78, 5) is 16.8. The zero-order valence-corrected chi connectivity index (χ0v) is 18.1. The number of nitrogens with zero attached hydrogens (tertiary/aromatic N) is 1. The SMILES string of the molecule is Cc1nc(CCC(=O)NC(C)(CN)CC(C)C)oc1-c1ccccc1.Cl.Cl. The first-order valence-corrected chi connectivity index (χ1v) is 8.86. The fourth-order valence-electron chi connectivity index (χ4n) is 3.12. The van der Waals surface area contributed by atoms with E-state index in [2.05, 4.69) is 24.1 Å². The molecule has 0 saturated heterocycles. The summed E-state index contributed by atoms with van der Waals surface area (Å²) in [5.74, 6) is 1.80. The Bertz CT molecular complexity index is 705. The van der Waals surface area contributed by atoms with Crippen molar-refractivity contribution in [3.8, 4) is 11.3 Å². The maximum atomic E-state index is 12.3. The van der Waals surface area contributed by atoms with Crippen molar-refractivity contribution in [2.75, 3.05) is 6.54 Å². The van der Waals surface area contributed by atoms with Crippen LogP contribution in [0.1, 0.15) is 45.2 Å². The molecule has 2 aromatic rings. The van der Waals surface area contributed by atoms with Gasteiger partial charge in [0.05, 0.1) is 5.69 Å². The van der Waals surface area contributed by atoms with Crippen molar-refractivity contribution in [2.45, 2.75) is 52.5 Å². The van der Waals surface area contributed by atoms with E-state index in [-0.39, 0.29) is 36.3 Å². The molecule has 5 nitrogen and oxygen atoms in total. The van der Waals surface area contributed by atoms with E-state index in [1.165, 1.54) is 0 Å². The van der Waals surface area contributed by atoms with E-state index in [0.29, 0.717) is 31.2 Å². The van der Waals surface area contributed by atoms with E-state index < -0.39 is 0 Å². The number of amides is 1. The molecule has 0 spiro atoms. The number of aromatic nitrogens is 1. The Labute approximate surface area is 174 Å². The van der Waals surface area contributed by atoms with Crippen LogP contribution in [0.25, 0.3) is 11.3 Å². The van der Waals surface area contributed by atoms with Crippen LogP contribution in [-0.2, 0) is 11.2 Å². The quantitative estimate of drug-likeness (QED) is 0.672. The minimum Gasteiger partial charge on any atom is -0.440 e. The van der Waals surface area contributed by atoms with Crippen molar-refractivity contribution in [2.24, 2.45) is 11.7 Å². The summed E-state index contributed by atoms with van der Waals surface area (Å²) in [6.07, 6.45) is 1.66. The van der Waals surface area contributed by atoms with Gasteiger partial charge in [-0.25, -0.2) is 4.98 Å². The Morgan fingerprint density at radius 1 is 1.26 bits per heavy atom. The molecule has 1 amide bonds. The Balaban J connectivity index is 0.00000338. The largest absolute Gasteiger partial charge is 0.440 e. The van der Waals surface area contributed by atoms with Crippen LogP contribution in [0.2, 0.25) is 0 Å². The van der Waals surface area contributed by atoms with Gasteiger partial charge in [0, 0.05) is 30.5 Å². The molecule has 1 aromatic carbocycles. The average molecular weight is 416 g/mol. The Kier molecular flexibility index (Phi) is 10.7. The monoisotopic (exact) mass is 415 g/mol. The molecule has 7 heteroatoms. The Hall–Kier alpha value is -1.56. The topological polar surface area (TPSA) is 81.2 Å². The zero-order chi connectivity index (χ0) is 18.4. The van der Waals surface area contributed by atoms with E-state index in [1.807, 2.05) is 44.2 Å². The van der Waals surface area contributed by atoms with Crippen molar-refractivity contribution >= 4 is 30.7 Å². The number of aryl methyl sites for hydroxylation is 2. The van der Waals surface area contributed by atoms with Crippen LogP contribution in [0.5, 0.6) is 0 Å². The van der Waals surface area contributed by atoms with Gasteiger partial charge in [-0.15, -0.1) is 24.8 Å². The van der Waals surface area contributed by atoms with Crippen molar-refractivity contribution in [3.63, 3.8) is 0 Å². The zero-order valence-electron chi connectivity index (χ0n) is 16.5. The maximum Gasteiger partial charge on any atom is 0.220 e. The molecule has 0 aliphatic rings. The molecule has 27 heavy (non-hydrogen) atoms. The summed E-state index contributed by atoms with van der Waals surface area (Å²) in [6.45, 7) is 8.59. The van der Waals surface area contributed by atoms with E-state index in [9.17, 15) is 4.79 Å². The van der Waals surface area contributed by atoms with Crippen LogP contribution in [0, 0.1) is 12.8 Å². The Morgan fingerprint density at radius 3 is 2.44 bits per heavy atom. The van der Waals surface area contributed by atoms with Crippen LogP contribution in [0.3, 0.4) is 0 Å². The van der Waals surface area contributed by atoms with Gasteiger partial charge in [-0.05, 0) is 26.2 Å². The van der Waals surface area contributed by atoms with E-state index in [0.717, 1.165) is 23.4 Å². The first-order valence-electron chi connectivity index (χ1n) is 8.86. The fourth-order valence-corrected chi connectivity index (χ4v) is 3.12. The van der Waals surface area contributed by atoms with Gasteiger partial charge < -0.3 is 15.5 Å². The van der Waals surface area contributed by atoms with Gasteiger partial charge in [-0.3, -0.25) is 4.79 Å². The molecule has 152 valence electrons. The lowest BCUT2D eigenvalue weighted by molar-refractivity contribution is -0.123. The number of hydrogen-bond donors (Lipinski definition) is 2. The lowest BCUT2D eigenvalue weighted by atomic mass is 9.90. The summed E-state index contributed by atoms with van der Waals surface area (Å²) >= 11 is 0. The number of nitrogens with one attached hydrogen (secondary N) is 1. The summed E-state index contributed by atoms with van der Waals surface area (Å²) in [5, 5.41) is 3.06. The normalized spacial score (nSPS) is 12.7. The highest BCUT2D eigenvalue weighted by atomic mass is 35.5. The highest BCUT2D eigenvalue weighted by molar-refractivity contribution is 5.85. The summed E-state index contributed by atoms with van der Waals surface area (Å²) < 4.78 is 5.86. The van der Waals surface area contributed by atoms with Crippen molar-refractivity contribution < 1.29 is 9.21 Å². The fraction of sp³-hybridized carbons (Fsp3) is 0.500. The molecule has 0 aliphatic carbocycles.